The molecule has 3 aromatic rings. The van der Waals surface area contributed by atoms with Crippen LogP contribution in [0.4, 0.5) is 5.82 Å². The van der Waals surface area contributed by atoms with E-state index in [2.05, 4.69) is 22.8 Å². The standard InChI is InChI=1S/C31H35N5O4S2/c1-2-3-4-5-7-13-36-30(38)26(42-31(36)41)19-23-28(32-27-9-6-8-12-35(27)29(23)37)34-16-14-33(15-17-34)20-22-10-11-24-25(18-22)40-21-39-24/h6,8-12,18-19H,2-5,7,13-17,20-21H2,1H3/b26-19+. The molecule has 5 heterocycles. The molecular weight excluding hydrogens is 571 g/mol. The molecule has 6 rings (SSSR count). The normalized spacial score (nSPS) is 18.2. The first-order chi connectivity index (χ1) is 20.5. The van der Waals surface area contributed by atoms with Gasteiger partial charge in [-0.3, -0.25) is 23.8 Å². The van der Waals surface area contributed by atoms with Crippen molar-refractivity contribution in [1.82, 2.24) is 19.2 Å². The molecule has 0 spiro atoms. The summed E-state index contributed by atoms with van der Waals surface area (Å²) in [4.78, 5) is 38.8. The van der Waals surface area contributed by atoms with Gasteiger partial charge in [0.1, 0.15) is 15.8 Å². The van der Waals surface area contributed by atoms with Gasteiger partial charge in [0, 0.05) is 45.5 Å². The fourth-order valence-corrected chi connectivity index (χ4v) is 6.86. The summed E-state index contributed by atoms with van der Waals surface area (Å²) in [6.07, 6.45) is 8.96. The number of thioether (sulfide) groups is 1. The zero-order chi connectivity index (χ0) is 29.1. The van der Waals surface area contributed by atoms with Crippen molar-refractivity contribution in [3.05, 3.63) is 69.0 Å². The van der Waals surface area contributed by atoms with Crippen molar-refractivity contribution in [1.29, 1.82) is 0 Å². The van der Waals surface area contributed by atoms with E-state index >= 15 is 0 Å². The van der Waals surface area contributed by atoms with Gasteiger partial charge in [0.25, 0.3) is 11.5 Å². The van der Waals surface area contributed by atoms with Crippen LogP contribution >= 0.6 is 24.0 Å². The van der Waals surface area contributed by atoms with E-state index in [9.17, 15) is 9.59 Å². The lowest BCUT2D eigenvalue weighted by Crippen LogP contribution is -2.47. The van der Waals surface area contributed by atoms with Crippen molar-refractivity contribution in [2.45, 2.75) is 45.6 Å². The van der Waals surface area contributed by atoms with Gasteiger partial charge in [0.15, 0.2) is 11.5 Å². The van der Waals surface area contributed by atoms with E-state index < -0.39 is 0 Å². The molecule has 11 heteroatoms. The summed E-state index contributed by atoms with van der Waals surface area (Å²) >= 11 is 6.84. The lowest BCUT2D eigenvalue weighted by atomic mass is 10.1. The van der Waals surface area contributed by atoms with E-state index in [1.165, 1.54) is 30.2 Å². The number of hydrogen-bond acceptors (Lipinski definition) is 9. The molecule has 220 valence electrons. The summed E-state index contributed by atoms with van der Waals surface area (Å²) in [5.41, 5.74) is 1.98. The molecular formula is C31H35N5O4S2. The fraction of sp³-hybridized carbons (Fsp3) is 0.419. The first-order valence-electron chi connectivity index (χ1n) is 14.6. The van der Waals surface area contributed by atoms with Gasteiger partial charge in [0.2, 0.25) is 6.79 Å². The van der Waals surface area contributed by atoms with Crippen molar-refractivity contribution < 1.29 is 14.3 Å². The SMILES string of the molecule is CCCCCCCN1C(=O)/C(=C\c2c(N3CCN(Cc4ccc5c(c4)OCO5)CC3)nc3ccccn3c2=O)SC1=S. The van der Waals surface area contributed by atoms with Gasteiger partial charge in [-0.15, -0.1) is 0 Å². The maximum Gasteiger partial charge on any atom is 0.267 e. The molecule has 0 radical (unpaired) electrons. The van der Waals surface area contributed by atoms with Gasteiger partial charge < -0.3 is 14.4 Å². The van der Waals surface area contributed by atoms with Crippen LogP contribution in [0.3, 0.4) is 0 Å². The zero-order valence-corrected chi connectivity index (χ0v) is 25.4. The summed E-state index contributed by atoms with van der Waals surface area (Å²) in [6.45, 7) is 6.89. The third kappa shape index (κ3) is 6.04. The molecule has 42 heavy (non-hydrogen) atoms. The first-order valence-corrected chi connectivity index (χ1v) is 15.9. The molecule has 0 N–H and O–H groups in total. The van der Waals surface area contributed by atoms with E-state index in [0.717, 1.165) is 50.4 Å². The van der Waals surface area contributed by atoms with E-state index in [4.69, 9.17) is 26.7 Å². The van der Waals surface area contributed by atoms with Gasteiger partial charge >= 0.3 is 0 Å². The molecule has 1 aromatic carbocycles. The third-order valence-electron chi connectivity index (χ3n) is 7.90. The fourth-order valence-electron chi connectivity index (χ4n) is 5.57. The Morgan fingerprint density at radius 1 is 1.00 bits per heavy atom. The molecule has 0 atom stereocenters. The van der Waals surface area contributed by atoms with Gasteiger partial charge in [-0.2, -0.15) is 0 Å². The van der Waals surface area contributed by atoms with Crippen molar-refractivity contribution in [2.24, 2.45) is 0 Å². The molecule has 3 aliphatic heterocycles. The highest BCUT2D eigenvalue weighted by atomic mass is 32.2. The summed E-state index contributed by atoms with van der Waals surface area (Å²) in [5.74, 6) is 2.06. The average molecular weight is 606 g/mol. The number of ether oxygens (including phenoxy) is 2. The number of pyridine rings is 1. The Bertz CT molecular complexity index is 1580. The molecule has 2 aromatic heterocycles. The van der Waals surface area contributed by atoms with Gasteiger partial charge in [0.05, 0.1) is 10.5 Å². The van der Waals surface area contributed by atoms with Crippen LogP contribution in [-0.2, 0) is 11.3 Å². The third-order valence-corrected chi connectivity index (χ3v) is 9.28. The van der Waals surface area contributed by atoms with Crippen LogP contribution in [-0.4, -0.2) is 68.9 Å². The van der Waals surface area contributed by atoms with Crippen LogP contribution < -0.4 is 19.9 Å². The number of hydrogen-bond donors (Lipinski definition) is 0. The van der Waals surface area contributed by atoms with Crippen molar-refractivity contribution in [2.75, 3.05) is 44.4 Å². The highest BCUT2D eigenvalue weighted by molar-refractivity contribution is 8.26. The number of aromatic nitrogens is 2. The topological polar surface area (TPSA) is 79.6 Å². The molecule has 2 saturated heterocycles. The Morgan fingerprint density at radius 2 is 1.81 bits per heavy atom. The summed E-state index contributed by atoms with van der Waals surface area (Å²) in [7, 11) is 0. The number of thiocarbonyl (C=S) groups is 1. The molecule has 9 nitrogen and oxygen atoms in total. The van der Waals surface area contributed by atoms with Crippen molar-refractivity contribution in [3.8, 4) is 11.5 Å². The number of anilines is 1. The average Bonchev–Trinajstić information content (AvgIpc) is 3.58. The Balaban J connectivity index is 1.21. The number of benzene rings is 1. The Kier molecular flexibility index (Phi) is 8.78. The van der Waals surface area contributed by atoms with Crippen LogP contribution in [0.1, 0.15) is 50.2 Å². The minimum atomic E-state index is -0.191. The molecule has 0 unspecified atom stereocenters. The van der Waals surface area contributed by atoms with Gasteiger partial charge in [-0.1, -0.05) is 68.7 Å². The van der Waals surface area contributed by atoms with Gasteiger partial charge in [-0.05, 0) is 42.3 Å². The van der Waals surface area contributed by atoms with E-state index in [-0.39, 0.29) is 18.3 Å². The molecule has 1 amide bonds. The maximum absolute atomic E-state index is 13.8. The lowest BCUT2D eigenvalue weighted by Gasteiger charge is -2.36. The van der Waals surface area contributed by atoms with Crippen LogP contribution in [0.5, 0.6) is 11.5 Å². The second-order valence-electron chi connectivity index (χ2n) is 10.8. The van der Waals surface area contributed by atoms with Crippen molar-refractivity contribution in [3.63, 3.8) is 0 Å². The number of rotatable bonds is 10. The second-order valence-corrected chi connectivity index (χ2v) is 12.5. The maximum atomic E-state index is 13.8. The van der Waals surface area contributed by atoms with Crippen LogP contribution in [0.25, 0.3) is 11.7 Å². The highest BCUT2D eigenvalue weighted by Crippen LogP contribution is 2.35. The quantitative estimate of drug-likeness (QED) is 0.182. The number of fused-ring (bicyclic) bond motifs is 2. The number of piperazine rings is 1. The molecule has 0 bridgehead atoms. The number of amides is 1. The Labute approximate surface area is 255 Å². The van der Waals surface area contributed by atoms with Gasteiger partial charge in [-0.25, -0.2) is 4.98 Å². The van der Waals surface area contributed by atoms with Crippen LogP contribution in [0.15, 0.2) is 52.3 Å². The summed E-state index contributed by atoms with van der Waals surface area (Å²) < 4.78 is 13.1. The number of unbranched alkanes of at least 4 members (excludes halogenated alkanes) is 4. The van der Waals surface area contributed by atoms with Crippen LogP contribution in [0.2, 0.25) is 0 Å². The predicted octanol–water partition coefficient (Wildman–Crippen LogP) is 4.92. The predicted molar refractivity (Wildman–Crippen MR) is 170 cm³/mol. The first kappa shape index (κ1) is 28.7. The highest BCUT2D eigenvalue weighted by Gasteiger charge is 2.33. The van der Waals surface area contributed by atoms with Crippen LogP contribution in [0, 0.1) is 0 Å². The summed E-state index contributed by atoms with van der Waals surface area (Å²) in [6, 6.07) is 11.6. The van der Waals surface area contributed by atoms with Crippen molar-refractivity contribution >= 4 is 51.7 Å². The number of carbonyl (C=O) groups excluding carboxylic acids is 1. The second kappa shape index (κ2) is 12.8. The molecule has 0 aliphatic carbocycles. The Hall–Kier alpha value is -3.41. The molecule has 2 fully saturated rings. The minimum Gasteiger partial charge on any atom is -0.454 e. The molecule has 0 saturated carbocycles. The monoisotopic (exact) mass is 605 g/mol. The lowest BCUT2D eigenvalue weighted by molar-refractivity contribution is -0.122. The van der Waals surface area contributed by atoms with E-state index in [1.54, 1.807) is 21.6 Å². The largest absolute Gasteiger partial charge is 0.454 e. The van der Waals surface area contributed by atoms with E-state index in [1.807, 2.05) is 30.3 Å². The molecule has 3 aliphatic rings. The van der Waals surface area contributed by atoms with E-state index in [0.29, 0.717) is 45.9 Å². The minimum absolute atomic E-state index is 0.127. The zero-order valence-electron chi connectivity index (χ0n) is 23.8. The number of nitrogens with zero attached hydrogens (tertiary/aromatic N) is 5. The number of carbonyl (C=O) groups is 1. The summed E-state index contributed by atoms with van der Waals surface area (Å²) in [5, 5.41) is 0. The Morgan fingerprint density at radius 3 is 2.64 bits per heavy atom. The smallest absolute Gasteiger partial charge is 0.267 e.